The van der Waals surface area contributed by atoms with Crippen LogP contribution in [0.5, 0.6) is 0 Å². The summed E-state index contributed by atoms with van der Waals surface area (Å²) in [7, 11) is 1.61. The fourth-order valence-electron chi connectivity index (χ4n) is 4.84. The maximum atomic E-state index is 12.1. The minimum Gasteiger partial charge on any atom is -0.373 e. The van der Waals surface area contributed by atoms with E-state index in [-0.39, 0.29) is 28.6 Å². The summed E-state index contributed by atoms with van der Waals surface area (Å²) in [6.07, 6.45) is 3.82. The SMILES string of the molecule is COC1C(=O)C[C@@]2(C)CC(=O)[C@@H]3CCC[C@]132. The Balaban J connectivity index is 2.15. The molecule has 0 aromatic carbocycles. The largest absolute Gasteiger partial charge is 0.373 e. The smallest absolute Gasteiger partial charge is 0.162 e. The Labute approximate surface area is 95.5 Å². The van der Waals surface area contributed by atoms with Crippen LogP contribution in [0, 0.1) is 16.7 Å². The predicted molar refractivity (Wildman–Crippen MR) is 57.9 cm³/mol. The quantitative estimate of drug-likeness (QED) is 0.678. The molecule has 0 radical (unpaired) electrons. The first-order valence-corrected chi connectivity index (χ1v) is 6.13. The maximum absolute atomic E-state index is 12.1. The lowest BCUT2D eigenvalue weighted by atomic mass is 9.65. The van der Waals surface area contributed by atoms with Gasteiger partial charge in [-0.15, -0.1) is 0 Å². The summed E-state index contributed by atoms with van der Waals surface area (Å²) in [5.41, 5.74) is -0.279. The molecule has 0 heterocycles. The summed E-state index contributed by atoms with van der Waals surface area (Å²) in [4.78, 5) is 24.1. The molecule has 1 spiro atoms. The summed E-state index contributed by atoms with van der Waals surface area (Å²) in [5.74, 6) is 0.674. The van der Waals surface area contributed by atoms with E-state index in [4.69, 9.17) is 4.74 Å². The first-order valence-electron chi connectivity index (χ1n) is 6.13. The van der Waals surface area contributed by atoms with Crippen LogP contribution < -0.4 is 0 Å². The zero-order chi connectivity index (χ0) is 11.6. The molecule has 0 aromatic heterocycles. The Morgan fingerprint density at radius 2 is 1.94 bits per heavy atom. The normalized spacial score (nSPS) is 50.9. The molecular weight excluding hydrogens is 204 g/mol. The van der Waals surface area contributed by atoms with Crippen molar-refractivity contribution in [1.29, 1.82) is 0 Å². The van der Waals surface area contributed by atoms with Crippen molar-refractivity contribution in [2.24, 2.45) is 16.7 Å². The lowest BCUT2D eigenvalue weighted by molar-refractivity contribution is -0.134. The lowest BCUT2D eigenvalue weighted by Crippen LogP contribution is -2.42. The van der Waals surface area contributed by atoms with E-state index in [0.29, 0.717) is 18.6 Å². The molecule has 0 saturated heterocycles. The van der Waals surface area contributed by atoms with Crippen molar-refractivity contribution in [1.82, 2.24) is 0 Å². The van der Waals surface area contributed by atoms with Crippen molar-refractivity contribution >= 4 is 11.6 Å². The molecule has 3 saturated carbocycles. The summed E-state index contributed by atoms with van der Waals surface area (Å²) < 4.78 is 5.45. The summed E-state index contributed by atoms with van der Waals surface area (Å²) >= 11 is 0. The third kappa shape index (κ3) is 0.899. The number of ketones is 2. The molecule has 3 nitrogen and oxygen atoms in total. The van der Waals surface area contributed by atoms with E-state index in [0.717, 1.165) is 19.3 Å². The van der Waals surface area contributed by atoms with Crippen LogP contribution in [-0.2, 0) is 14.3 Å². The minimum atomic E-state index is -0.323. The Kier molecular flexibility index (Phi) is 1.93. The van der Waals surface area contributed by atoms with E-state index in [1.54, 1.807) is 7.11 Å². The molecule has 3 rings (SSSR count). The summed E-state index contributed by atoms with van der Waals surface area (Å²) in [5, 5.41) is 0. The predicted octanol–water partition coefficient (Wildman–Crippen LogP) is 1.74. The van der Waals surface area contributed by atoms with E-state index in [1.165, 1.54) is 0 Å². The van der Waals surface area contributed by atoms with E-state index in [9.17, 15) is 9.59 Å². The highest BCUT2D eigenvalue weighted by Gasteiger charge is 2.72. The molecule has 0 bridgehead atoms. The molecule has 1 unspecified atom stereocenters. The van der Waals surface area contributed by atoms with Crippen molar-refractivity contribution in [3.8, 4) is 0 Å². The van der Waals surface area contributed by atoms with E-state index >= 15 is 0 Å². The van der Waals surface area contributed by atoms with Gasteiger partial charge >= 0.3 is 0 Å². The molecule has 3 heteroatoms. The Morgan fingerprint density at radius 3 is 2.62 bits per heavy atom. The molecule has 0 N–H and O–H groups in total. The maximum Gasteiger partial charge on any atom is 0.162 e. The van der Waals surface area contributed by atoms with E-state index < -0.39 is 0 Å². The second-order valence-corrected chi connectivity index (χ2v) is 5.95. The van der Waals surface area contributed by atoms with Gasteiger partial charge in [-0.1, -0.05) is 13.3 Å². The number of rotatable bonds is 1. The van der Waals surface area contributed by atoms with Crippen LogP contribution in [0.3, 0.4) is 0 Å². The number of carbonyl (C=O) groups is 2. The van der Waals surface area contributed by atoms with Crippen LogP contribution >= 0.6 is 0 Å². The average molecular weight is 222 g/mol. The number of hydrogen-bond donors (Lipinski definition) is 0. The van der Waals surface area contributed by atoms with Crippen molar-refractivity contribution in [2.45, 2.75) is 45.1 Å². The van der Waals surface area contributed by atoms with Gasteiger partial charge in [-0.3, -0.25) is 9.59 Å². The molecule has 3 fully saturated rings. The van der Waals surface area contributed by atoms with Gasteiger partial charge in [0.25, 0.3) is 0 Å². The van der Waals surface area contributed by atoms with Crippen LogP contribution in [0.1, 0.15) is 39.0 Å². The van der Waals surface area contributed by atoms with Crippen LogP contribution in [-0.4, -0.2) is 24.8 Å². The monoisotopic (exact) mass is 222 g/mol. The second-order valence-electron chi connectivity index (χ2n) is 5.95. The molecule has 0 amide bonds. The van der Waals surface area contributed by atoms with Gasteiger partial charge in [0.1, 0.15) is 11.9 Å². The number of carbonyl (C=O) groups excluding carboxylic acids is 2. The number of ether oxygens (including phenoxy) is 1. The Morgan fingerprint density at radius 1 is 1.25 bits per heavy atom. The molecule has 3 aliphatic carbocycles. The van der Waals surface area contributed by atoms with Crippen LogP contribution in [0.2, 0.25) is 0 Å². The number of hydrogen-bond acceptors (Lipinski definition) is 3. The molecule has 4 atom stereocenters. The Hall–Kier alpha value is -0.700. The minimum absolute atomic E-state index is 0.0916. The highest BCUT2D eigenvalue weighted by Crippen LogP contribution is 2.69. The second kappa shape index (κ2) is 2.95. The first kappa shape index (κ1) is 10.5. The van der Waals surface area contributed by atoms with Gasteiger partial charge in [0, 0.05) is 31.3 Å². The number of Topliss-reactive ketones (excluding diaryl/α,β-unsaturated/α-hetero) is 2. The zero-order valence-electron chi connectivity index (χ0n) is 9.91. The Bertz CT molecular complexity index is 375. The third-order valence-corrected chi connectivity index (χ3v) is 5.34. The van der Waals surface area contributed by atoms with Crippen LogP contribution in [0.15, 0.2) is 0 Å². The highest BCUT2D eigenvalue weighted by atomic mass is 16.5. The van der Waals surface area contributed by atoms with Gasteiger partial charge < -0.3 is 4.74 Å². The summed E-state index contributed by atoms with van der Waals surface area (Å²) in [6.45, 7) is 2.12. The fraction of sp³-hybridized carbons (Fsp3) is 0.846. The number of methoxy groups -OCH3 is 1. The fourth-order valence-corrected chi connectivity index (χ4v) is 4.84. The van der Waals surface area contributed by atoms with E-state index in [2.05, 4.69) is 6.92 Å². The van der Waals surface area contributed by atoms with E-state index in [1.807, 2.05) is 0 Å². The standard InChI is InChI=1S/C13H18O3/c1-12-6-9(14)8-4-3-5-13(8,12)11(16-2)10(15)7-12/h8,11H,3-7H2,1-2H3/t8-,11?,12+,13+/m0/s1. The van der Waals surface area contributed by atoms with Crippen molar-refractivity contribution in [2.75, 3.05) is 7.11 Å². The van der Waals surface area contributed by atoms with Crippen molar-refractivity contribution in [3.63, 3.8) is 0 Å². The van der Waals surface area contributed by atoms with Gasteiger partial charge in [0.05, 0.1) is 0 Å². The lowest BCUT2D eigenvalue weighted by Gasteiger charge is -2.39. The average Bonchev–Trinajstić information content (AvgIpc) is 2.75. The van der Waals surface area contributed by atoms with Gasteiger partial charge in [-0.05, 0) is 18.3 Å². The van der Waals surface area contributed by atoms with Crippen LogP contribution in [0.25, 0.3) is 0 Å². The van der Waals surface area contributed by atoms with Crippen LogP contribution in [0.4, 0.5) is 0 Å². The molecule has 88 valence electrons. The van der Waals surface area contributed by atoms with Crippen molar-refractivity contribution < 1.29 is 14.3 Å². The highest BCUT2D eigenvalue weighted by molar-refractivity contribution is 5.95. The van der Waals surface area contributed by atoms with Gasteiger partial charge in [-0.25, -0.2) is 0 Å². The molecule has 16 heavy (non-hydrogen) atoms. The molecular formula is C13H18O3. The first-order chi connectivity index (χ1) is 7.55. The van der Waals surface area contributed by atoms with Gasteiger partial charge in [0.15, 0.2) is 5.78 Å². The molecule has 3 aliphatic rings. The summed E-state index contributed by atoms with van der Waals surface area (Å²) in [6, 6.07) is 0. The molecule has 0 aromatic rings. The zero-order valence-corrected chi connectivity index (χ0v) is 9.91. The van der Waals surface area contributed by atoms with Gasteiger partial charge in [-0.2, -0.15) is 0 Å². The topological polar surface area (TPSA) is 43.4 Å². The molecule has 0 aliphatic heterocycles. The van der Waals surface area contributed by atoms with Crippen molar-refractivity contribution in [3.05, 3.63) is 0 Å². The van der Waals surface area contributed by atoms with Gasteiger partial charge in [0.2, 0.25) is 0 Å². The third-order valence-electron chi connectivity index (χ3n) is 5.34.